The number of thiazole rings is 1. The van der Waals surface area contributed by atoms with E-state index in [4.69, 9.17) is 4.74 Å². The van der Waals surface area contributed by atoms with Crippen LogP contribution in [0.5, 0.6) is 0 Å². The third-order valence-electron chi connectivity index (χ3n) is 3.37. The molecule has 0 radical (unpaired) electrons. The Bertz CT molecular complexity index is 828. The SMILES string of the molecule is COC(=O)[C@H](Cc1cnc[nH]1)NC(=O)c1cccc2ncsc12. The lowest BCUT2D eigenvalue weighted by molar-refractivity contribution is -0.142. The van der Waals surface area contributed by atoms with Crippen molar-refractivity contribution >= 4 is 33.4 Å². The number of rotatable bonds is 5. The van der Waals surface area contributed by atoms with Crippen molar-refractivity contribution in [2.45, 2.75) is 12.5 Å². The van der Waals surface area contributed by atoms with Gasteiger partial charge in [-0.2, -0.15) is 0 Å². The molecule has 0 aliphatic heterocycles. The van der Waals surface area contributed by atoms with Gasteiger partial charge in [-0.3, -0.25) is 4.79 Å². The van der Waals surface area contributed by atoms with Crippen molar-refractivity contribution in [3.8, 4) is 0 Å². The van der Waals surface area contributed by atoms with Crippen molar-refractivity contribution < 1.29 is 14.3 Å². The summed E-state index contributed by atoms with van der Waals surface area (Å²) in [5, 5.41) is 2.72. The Morgan fingerprint density at radius 3 is 3.04 bits per heavy atom. The maximum atomic E-state index is 12.6. The van der Waals surface area contributed by atoms with Crippen LogP contribution in [-0.2, 0) is 16.0 Å². The van der Waals surface area contributed by atoms with Gasteiger partial charge in [-0.25, -0.2) is 14.8 Å². The Morgan fingerprint density at radius 2 is 2.30 bits per heavy atom. The number of ether oxygens (including phenoxy) is 1. The van der Waals surface area contributed by atoms with E-state index < -0.39 is 12.0 Å². The van der Waals surface area contributed by atoms with Crippen molar-refractivity contribution in [1.29, 1.82) is 0 Å². The van der Waals surface area contributed by atoms with Crippen LogP contribution in [-0.4, -0.2) is 40.0 Å². The average Bonchev–Trinajstić information content (AvgIpc) is 3.24. The first-order valence-corrected chi connectivity index (χ1v) is 7.75. The maximum Gasteiger partial charge on any atom is 0.328 e. The molecule has 0 saturated heterocycles. The number of aromatic amines is 1. The van der Waals surface area contributed by atoms with Crippen LogP contribution in [0.3, 0.4) is 0 Å². The Morgan fingerprint density at radius 1 is 1.43 bits per heavy atom. The summed E-state index contributed by atoms with van der Waals surface area (Å²) < 4.78 is 5.56. The van der Waals surface area contributed by atoms with Crippen LogP contribution in [0.15, 0.2) is 36.2 Å². The lowest BCUT2D eigenvalue weighted by Gasteiger charge is -2.16. The molecule has 0 fully saturated rings. The molecule has 2 N–H and O–H groups in total. The highest BCUT2D eigenvalue weighted by molar-refractivity contribution is 7.17. The normalized spacial score (nSPS) is 12.0. The van der Waals surface area contributed by atoms with E-state index >= 15 is 0 Å². The first-order chi connectivity index (χ1) is 11.2. The van der Waals surface area contributed by atoms with Crippen molar-refractivity contribution in [3.05, 3.63) is 47.5 Å². The first-order valence-electron chi connectivity index (χ1n) is 6.87. The Kier molecular flexibility index (Phi) is 4.33. The highest BCUT2D eigenvalue weighted by Crippen LogP contribution is 2.22. The summed E-state index contributed by atoms with van der Waals surface area (Å²) in [6.45, 7) is 0. The summed E-state index contributed by atoms with van der Waals surface area (Å²) >= 11 is 1.38. The predicted octanol–water partition coefficient (Wildman–Crippen LogP) is 1.53. The highest BCUT2D eigenvalue weighted by atomic mass is 32.1. The molecule has 0 spiro atoms. The van der Waals surface area contributed by atoms with E-state index in [1.54, 1.807) is 23.8 Å². The summed E-state index contributed by atoms with van der Waals surface area (Å²) in [5.41, 5.74) is 3.66. The molecule has 1 amide bonds. The second-order valence-corrected chi connectivity index (χ2v) is 5.69. The van der Waals surface area contributed by atoms with E-state index in [1.165, 1.54) is 24.8 Å². The highest BCUT2D eigenvalue weighted by Gasteiger charge is 2.24. The van der Waals surface area contributed by atoms with Gasteiger partial charge in [0, 0.05) is 18.3 Å². The van der Waals surface area contributed by atoms with E-state index in [9.17, 15) is 9.59 Å². The zero-order chi connectivity index (χ0) is 16.2. The number of nitrogens with zero attached hydrogens (tertiary/aromatic N) is 2. The van der Waals surface area contributed by atoms with Crippen LogP contribution in [0.4, 0.5) is 0 Å². The standard InChI is InChI=1S/C15H14N4O3S/c1-22-15(21)12(5-9-6-16-7-17-9)19-14(20)10-3-2-4-11-13(10)23-8-18-11/h2-4,6-8,12H,5H2,1H3,(H,16,17)(H,19,20)/t12-/m0/s1. The second-order valence-electron chi connectivity index (χ2n) is 4.84. The van der Waals surface area contributed by atoms with Crippen LogP contribution in [0.25, 0.3) is 10.2 Å². The minimum absolute atomic E-state index is 0.275. The number of methoxy groups -OCH3 is 1. The zero-order valence-corrected chi connectivity index (χ0v) is 13.1. The predicted molar refractivity (Wildman–Crippen MR) is 85.2 cm³/mol. The summed E-state index contributed by atoms with van der Waals surface area (Å²) in [5.74, 6) is -0.848. The van der Waals surface area contributed by atoms with Crippen LogP contribution in [0.1, 0.15) is 16.1 Å². The molecule has 3 rings (SSSR count). The van der Waals surface area contributed by atoms with Crippen LogP contribution < -0.4 is 5.32 Å². The maximum absolute atomic E-state index is 12.6. The second kappa shape index (κ2) is 6.57. The fourth-order valence-electron chi connectivity index (χ4n) is 2.25. The molecule has 3 aromatic rings. The lowest BCUT2D eigenvalue weighted by Crippen LogP contribution is -2.43. The van der Waals surface area contributed by atoms with E-state index in [0.717, 1.165) is 15.9 Å². The molecule has 7 nitrogen and oxygen atoms in total. The number of carbonyl (C=O) groups excluding carboxylic acids is 2. The van der Waals surface area contributed by atoms with E-state index in [0.29, 0.717) is 5.56 Å². The van der Waals surface area contributed by atoms with Gasteiger partial charge in [-0.05, 0) is 12.1 Å². The zero-order valence-electron chi connectivity index (χ0n) is 12.3. The quantitative estimate of drug-likeness (QED) is 0.692. The van der Waals surface area contributed by atoms with E-state index in [-0.39, 0.29) is 12.3 Å². The molecule has 1 atom stereocenters. The van der Waals surface area contributed by atoms with E-state index in [1.807, 2.05) is 6.07 Å². The number of amides is 1. The molecule has 2 aromatic heterocycles. The largest absolute Gasteiger partial charge is 0.467 e. The Balaban J connectivity index is 1.83. The number of carbonyl (C=O) groups is 2. The fraction of sp³-hybridized carbons (Fsp3) is 0.200. The average molecular weight is 330 g/mol. The van der Waals surface area contributed by atoms with Crippen molar-refractivity contribution in [2.24, 2.45) is 0 Å². The molecule has 118 valence electrons. The molecule has 2 heterocycles. The number of aromatic nitrogens is 3. The number of nitrogens with one attached hydrogen (secondary N) is 2. The van der Waals surface area contributed by atoms with Gasteiger partial charge in [0.05, 0.1) is 34.7 Å². The number of hydrogen-bond donors (Lipinski definition) is 2. The minimum atomic E-state index is -0.795. The summed E-state index contributed by atoms with van der Waals surface area (Å²) in [6.07, 6.45) is 3.40. The van der Waals surface area contributed by atoms with Gasteiger partial charge in [-0.1, -0.05) is 6.07 Å². The molecule has 0 aliphatic rings. The molecule has 0 bridgehead atoms. The lowest BCUT2D eigenvalue weighted by atomic mass is 10.1. The van der Waals surface area contributed by atoms with E-state index in [2.05, 4.69) is 20.3 Å². The molecule has 8 heteroatoms. The smallest absolute Gasteiger partial charge is 0.328 e. The van der Waals surface area contributed by atoms with Crippen LogP contribution >= 0.6 is 11.3 Å². The van der Waals surface area contributed by atoms with Gasteiger partial charge in [0.15, 0.2) is 0 Å². The summed E-state index contributed by atoms with van der Waals surface area (Å²) in [7, 11) is 1.29. The number of imidazole rings is 1. The van der Waals surface area contributed by atoms with Gasteiger partial charge >= 0.3 is 5.97 Å². The number of benzene rings is 1. The Labute approximate surface area is 135 Å². The third kappa shape index (κ3) is 3.21. The Hall–Kier alpha value is -2.74. The summed E-state index contributed by atoms with van der Waals surface area (Å²) in [4.78, 5) is 35.5. The van der Waals surface area contributed by atoms with Gasteiger partial charge in [0.2, 0.25) is 0 Å². The number of fused-ring (bicyclic) bond motifs is 1. The van der Waals surface area contributed by atoms with Gasteiger partial charge in [0.1, 0.15) is 6.04 Å². The molecular formula is C15H14N4O3S. The summed E-state index contributed by atoms with van der Waals surface area (Å²) in [6, 6.07) is 4.51. The van der Waals surface area contributed by atoms with Crippen LogP contribution in [0, 0.1) is 0 Å². The molecule has 0 aliphatic carbocycles. The number of esters is 1. The first kappa shape index (κ1) is 15.2. The molecule has 0 unspecified atom stereocenters. The topological polar surface area (TPSA) is 97.0 Å². The third-order valence-corrected chi connectivity index (χ3v) is 4.25. The van der Waals surface area contributed by atoms with Crippen molar-refractivity contribution in [1.82, 2.24) is 20.3 Å². The van der Waals surface area contributed by atoms with Gasteiger partial charge in [-0.15, -0.1) is 11.3 Å². The fourth-order valence-corrected chi connectivity index (χ4v) is 3.05. The van der Waals surface area contributed by atoms with Crippen molar-refractivity contribution in [2.75, 3.05) is 7.11 Å². The molecule has 23 heavy (non-hydrogen) atoms. The molecule has 0 saturated carbocycles. The molecular weight excluding hydrogens is 316 g/mol. The molecule has 1 aromatic carbocycles. The number of H-pyrrole nitrogens is 1. The van der Waals surface area contributed by atoms with Crippen LogP contribution in [0.2, 0.25) is 0 Å². The van der Waals surface area contributed by atoms with Gasteiger partial charge < -0.3 is 15.0 Å². The minimum Gasteiger partial charge on any atom is -0.467 e. The van der Waals surface area contributed by atoms with Crippen molar-refractivity contribution in [3.63, 3.8) is 0 Å². The van der Waals surface area contributed by atoms with Gasteiger partial charge in [0.25, 0.3) is 5.91 Å². The number of hydrogen-bond acceptors (Lipinski definition) is 6. The monoisotopic (exact) mass is 330 g/mol.